The molecule has 1 saturated heterocycles. The molecule has 2 aliphatic rings. The smallest absolute Gasteiger partial charge is 0.270 e. The molecule has 1 amide bonds. The summed E-state index contributed by atoms with van der Waals surface area (Å²) in [6.07, 6.45) is 7.94. The Morgan fingerprint density at radius 2 is 1.85 bits per heavy atom. The van der Waals surface area contributed by atoms with Crippen molar-refractivity contribution in [1.82, 2.24) is 24.8 Å². The number of amides is 1. The Morgan fingerprint density at radius 3 is 2.76 bits per heavy atom. The number of para-hydroxylation sites is 1. The number of aromatic nitrogens is 4. The lowest BCUT2D eigenvalue weighted by molar-refractivity contribution is 0.0661. The molecule has 0 bridgehead atoms. The highest BCUT2D eigenvalue weighted by Gasteiger charge is 2.41. The van der Waals surface area contributed by atoms with Crippen molar-refractivity contribution in [2.75, 3.05) is 13.1 Å². The third-order valence-electron chi connectivity index (χ3n) is 7.94. The summed E-state index contributed by atoms with van der Waals surface area (Å²) in [4.78, 5) is 30.7. The molecule has 1 spiro atoms. The molecule has 2 aromatic carbocycles. The predicted molar refractivity (Wildman–Crippen MR) is 133 cm³/mol. The van der Waals surface area contributed by atoms with Gasteiger partial charge in [-0.3, -0.25) is 4.79 Å². The lowest BCUT2D eigenvalue weighted by atomic mass is 9.74. The van der Waals surface area contributed by atoms with Gasteiger partial charge in [-0.05, 0) is 54.4 Å². The Hall–Kier alpha value is -3.93. The molecule has 5 aromatic rings. The van der Waals surface area contributed by atoms with Crippen LogP contribution >= 0.6 is 0 Å². The number of nitrogens with one attached hydrogen (secondary N) is 2. The van der Waals surface area contributed by atoms with Crippen LogP contribution in [0, 0.1) is 0 Å². The second kappa shape index (κ2) is 7.29. The normalized spacial score (nSPS) is 17.0. The van der Waals surface area contributed by atoms with Crippen LogP contribution in [-0.4, -0.2) is 43.8 Å². The number of fused-ring (bicyclic) bond motifs is 4. The first kappa shape index (κ1) is 19.5. The summed E-state index contributed by atoms with van der Waals surface area (Å²) in [5.41, 5.74) is 8.49. The van der Waals surface area contributed by atoms with Crippen LogP contribution in [0.4, 0.5) is 0 Å². The maximum absolute atomic E-state index is 13.5. The Kier molecular flexibility index (Phi) is 4.19. The molecule has 0 unspecified atom stereocenters. The minimum Gasteiger partial charge on any atom is -0.350 e. The molecule has 7 rings (SSSR count). The maximum Gasteiger partial charge on any atom is 0.270 e. The van der Waals surface area contributed by atoms with Crippen molar-refractivity contribution < 1.29 is 4.79 Å². The van der Waals surface area contributed by atoms with E-state index in [1.54, 1.807) is 6.33 Å². The Bertz CT molecular complexity index is 1550. The third-order valence-corrected chi connectivity index (χ3v) is 7.94. The number of nitrogens with zero attached hydrogens (tertiary/aromatic N) is 3. The summed E-state index contributed by atoms with van der Waals surface area (Å²) in [5.74, 6) is 0.0884. The molecule has 1 aliphatic heterocycles. The number of piperidine rings is 1. The lowest BCUT2D eigenvalue weighted by Gasteiger charge is -2.40. The summed E-state index contributed by atoms with van der Waals surface area (Å²) < 4.78 is 0. The van der Waals surface area contributed by atoms with Gasteiger partial charge >= 0.3 is 0 Å². The SMILES string of the molecule is O=C(c1cc2cccc(-c3cnc4nc[nH]c4c3)c2[nH]1)N1CCC2(CCc3ccccc32)CC1. The van der Waals surface area contributed by atoms with Crippen molar-refractivity contribution in [3.8, 4) is 11.1 Å². The van der Waals surface area contributed by atoms with E-state index in [1.807, 2.05) is 23.2 Å². The molecular weight excluding hydrogens is 422 g/mol. The quantitative estimate of drug-likeness (QED) is 0.389. The van der Waals surface area contributed by atoms with Crippen LogP contribution in [0.1, 0.15) is 40.9 Å². The Labute approximate surface area is 197 Å². The molecule has 6 heteroatoms. The summed E-state index contributed by atoms with van der Waals surface area (Å²) in [5, 5.41) is 1.03. The number of pyridine rings is 1. The van der Waals surface area contributed by atoms with E-state index in [2.05, 4.69) is 62.4 Å². The number of hydrogen-bond acceptors (Lipinski definition) is 3. The molecule has 0 radical (unpaired) electrons. The first-order chi connectivity index (χ1) is 16.7. The van der Waals surface area contributed by atoms with Crippen molar-refractivity contribution in [3.05, 3.63) is 83.9 Å². The molecule has 168 valence electrons. The van der Waals surface area contributed by atoms with Crippen LogP contribution in [0.3, 0.4) is 0 Å². The highest BCUT2D eigenvalue weighted by molar-refractivity contribution is 6.02. The first-order valence-corrected chi connectivity index (χ1v) is 12.0. The van der Waals surface area contributed by atoms with Crippen molar-refractivity contribution >= 4 is 28.0 Å². The zero-order valence-corrected chi connectivity index (χ0v) is 18.8. The molecule has 34 heavy (non-hydrogen) atoms. The molecule has 3 aromatic heterocycles. The monoisotopic (exact) mass is 447 g/mol. The molecule has 1 aliphatic carbocycles. The van der Waals surface area contributed by atoms with E-state index in [4.69, 9.17) is 0 Å². The van der Waals surface area contributed by atoms with Crippen LogP contribution in [0.2, 0.25) is 0 Å². The van der Waals surface area contributed by atoms with E-state index in [9.17, 15) is 4.79 Å². The average molecular weight is 448 g/mol. The van der Waals surface area contributed by atoms with Gasteiger partial charge < -0.3 is 14.9 Å². The minimum absolute atomic E-state index is 0.0884. The van der Waals surface area contributed by atoms with E-state index in [1.165, 1.54) is 17.5 Å². The number of H-pyrrole nitrogens is 2. The zero-order chi connectivity index (χ0) is 22.7. The molecule has 0 atom stereocenters. The van der Waals surface area contributed by atoms with Crippen molar-refractivity contribution in [1.29, 1.82) is 0 Å². The van der Waals surface area contributed by atoms with Crippen molar-refractivity contribution in [2.45, 2.75) is 31.1 Å². The Morgan fingerprint density at radius 1 is 0.971 bits per heavy atom. The van der Waals surface area contributed by atoms with Gasteiger partial charge in [0.1, 0.15) is 5.69 Å². The minimum atomic E-state index is 0.0884. The van der Waals surface area contributed by atoms with Gasteiger partial charge in [0.25, 0.3) is 5.91 Å². The van der Waals surface area contributed by atoms with Gasteiger partial charge in [-0.1, -0.05) is 42.5 Å². The van der Waals surface area contributed by atoms with Crippen molar-refractivity contribution in [3.63, 3.8) is 0 Å². The third kappa shape index (κ3) is 2.91. The molecular formula is C28H25N5O. The van der Waals surface area contributed by atoms with Gasteiger partial charge in [0.2, 0.25) is 0 Å². The molecule has 0 saturated carbocycles. The molecule has 6 nitrogen and oxygen atoms in total. The number of aromatic amines is 2. The number of carbonyl (C=O) groups is 1. The number of rotatable bonds is 2. The molecule has 2 N–H and O–H groups in total. The number of imidazole rings is 1. The van der Waals surface area contributed by atoms with Crippen LogP contribution < -0.4 is 0 Å². The van der Waals surface area contributed by atoms with Crippen LogP contribution in [-0.2, 0) is 11.8 Å². The van der Waals surface area contributed by atoms with E-state index in [0.29, 0.717) is 11.3 Å². The fourth-order valence-electron chi connectivity index (χ4n) is 6.08. The second-order valence-electron chi connectivity index (χ2n) is 9.68. The van der Waals surface area contributed by atoms with Gasteiger partial charge in [0.15, 0.2) is 5.65 Å². The fourth-order valence-corrected chi connectivity index (χ4v) is 6.08. The number of carbonyl (C=O) groups excluding carboxylic acids is 1. The predicted octanol–water partition coefficient (Wildman–Crippen LogP) is 5.23. The van der Waals surface area contributed by atoms with Gasteiger partial charge in [0.05, 0.1) is 17.4 Å². The van der Waals surface area contributed by atoms with Gasteiger partial charge in [-0.2, -0.15) is 0 Å². The molecule has 1 fully saturated rings. The van der Waals surface area contributed by atoms with E-state index < -0.39 is 0 Å². The topological polar surface area (TPSA) is 77.7 Å². The van der Waals surface area contributed by atoms with E-state index >= 15 is 0 Å². The first-order valence-electron chi connectivity index (χ1n) is 12.0. The van der Waals surface area contributed by atoms with E-state index in [-0.39, 0.29) is 11.3 Å². The largest absolute Gasteiger partial charge is 0.350 e. The van der Waals surface area contributed by atoms with Gasteiger partial charge in [-0.25, -0.2) is 9.97 Å². The van der Waals surface area contributed by atoms with Crippen molar-refractivity contribution in [2.24, 2.45) is 0 Å². The Balaban J connectivity index is 1.17. The summed E-state index contributed by atoms with van der Waals surface area (Å²) >= 11 is 0. The highest BCUT2D eigenvalue weighted by Crippen LogP contribution is 2.46. The lowest BCUT2D eigenvalue weighted by Crippen LogP contribution is -2.44. The maximum atomic E-state index is 13.5. The second-order valence-corrected chi connectivity index (χ2v) is 9.68. The zero-order valence-electron chi connectivity index (χ0n) is 18.8. The summed E-state index contributed by atoms with van der Waals surface area (Å²) in [6.45, 7) is 1.60. The number of hydrogen-bond donors (Lipinski definition) is 2. The number of aryl methyl sites for hydroxylation is 1. The summed E-state index contributed by atoms with van der Waals surface area (Å²) in [7, 11) is 0. The fraction of sp³-hybridized carbons (Fsp3) is 0.250. The average Bonchev–Trinajstić information content (AvgIpc) is 3.61. The van der Waals surface area contributed by atoms with E-state index in [0.717, 1.165) is 59.9 Å². The van der Waals surface area contributed by atoms with Crippen LogP contribution in [0.15, 0.2) is 67.1 Å². The van der Waals surface area contributed by atoms with Gasteiger partial charge in [-0.15, -0.1) is 0 Å². The highest BCUT2D eigenvalue weighted by atomic mass is 16.2. The molecule has 4 heterocycles. The number of likely N-dealkylation sites (tertiary alicyclic amines) is 1. The van der Waals surface area contributed by atoms with Crippen LogP contribution in [0.25, 0.3) is 33.2 Å². The number of benzene rings is 2. The standard InChI is InChI=1S/C28H25N5O/c34-27(33-12-10-28(11-13-33)9-8-18-4-1-2-7-22(18)28)24-14-19-5-3-6-21(25(19)32-24)20-15-23-26(29-16-20)31-17-30-23/h1-7,14-17,32H,8-13H2,(H,29,30,31). The summed E-state index contributed by atoms with van der Waals surface area (Å²) in [6, 6.07) is 19.0. The van der Waals surface area contributed by atoms with Crippen LogP contribution in [0.5, 0.6) is 0 Å². The van der Waals surface area contributed by atoms with Gasteiger partial charge in [0, 0.05) is 35.8 Å².